The molecule has 6 nitrogen and oxygen atoms in total. The summed E-state index contributed by atoms with van der Waals surface area (Å²) in [6.07, 6.45) is 0.745. The molecule has 6 aromatic rings. The molecule has 0 fully saturated rings. The third kappa shape index (κ3) is 3.55. The molecule has 0 aliphatic carbocycles. The first-order valence-electron chi connectivity index (χ1n) is 11.1. The quantitative estimate of drug-likeness (QED) is 0.353. The van der Waals surface area contributed by atoms with Gasteiger partial charge in [-0.1, -0.05) is 95.4 Å². The molecule has 0 radical (unpaired) electrons. The summed E-state index contributed by atoms with van der Waals surface area (Å²) in [6, 6.07) is 37.1. The van der Waals surface area contributed by atoms with Crippen LogP contribution in [-0.4, -0.2) is 30.0 Å². The Bertz CT molecular complexity index is 1390. The fourth-order valence-electron chi connectivity index (χ4n) is 4.55. The van der Waals surface area contributed by atoms with Crippen molar-refractivity contribution >= 4 is 22.1 Å². The fourth-order valence-corrected chi connectivity index (χ4v) is 4.55. The number of para-hydroxylation sites is 2. The summed E-state index contributed by atoms with van der Waals surface area (Å²) >= 11 is 0. The maximum Gasteiger partial charge on any atom is 0.113 e. The Hall–Kier alpha value is -4.32. The average Bonchev–Trinajstić information content (AvgIpc) is 3.51. The minimum atomic E-state index is -0.0354. The first kappa shape index (κ1) is 19.4. The van der Waals surface area contributed by atoms with E-state index in [0.717, 1.165) is 28.5 Å². The van der Waals surface area contributed by atoms with Crippen molar-refractivity contribution in [2.45, 2.75) is 18.5 Å². The van der Waals surface area contributed by atoms with Gasteiger partial charge in [-0.2, -0.15) is 0 Å². The second kappa shape index (κ2) is 8.31. The zero-order valence-corrected chi connectivity index (χ0v) is 17.9. The number of rotatable bonds is 6. The van der Waals surface area contributed by atoms with Crippen LogP contribution in [0, 0.1) is 0 Å². The molecule has 4 aromatic carbocycles. The van der Waals surface area contributed by atoms with E-state index in [1.54, 1.807) is 0 Å². The molecule has 2 heterocycles. The summed E-state index contributed by atoms with van der Waals surface area (Å²) in [5, 5.41) is 18.0. The van der Waals surface area contributed by atoms with Gasteiger partial charge in [0.1, 0.15) is 11.0 Å². The lowest BCUT2D eigenvalue weighted by molar-refractivity contribution is 0.395. The smallest absolute Gasteiger partial charge is 0.113 e. The molecule has 0 saturated heterocycles. The van der Waals surface area contributed by atoms with Crippen LogP contribution >= 0.6 is 0 Å². The summed E-state index contributed by atoms with van der Waals surface area (Å²) in [4.78, 5) is 0. The largest absolute Gasteiger partial charge is 0.237 e. The van der Waals surface area contributed by atoms with E-state index in [-0.39, 0.29) is 12.1 Å². The number of benzene rings is 4. The highest BCUT2D eigenvalue weighted by Crippen LogP contribution is 2.34. The SMILES string of the molecule is c1ccc(C(CC(c2ccccc2)n2nnc3ccccc32)n2nnc3ccccc32)cc1. The minimum absolute atomic E-state index is 0.0354. The molecule has 6 heteroatoms. The number of nitrogens with zero attached hydrogens (tertiary/aromatic N) is 6. The van der Waals surface area contributed by atoms with Crippen LogP contribution in [0.2, 0.25) is 0 Å². The van der Waals surface area contributed by atoms with E-state index in [2.05, 4.69) is 81.3 Å². The van der Waals surface area contributed by atoms with Gasteiger partial charge in [0.15, 0.2) is 0 Å². The standard InChI is InChI=1S/C27H22N6/c1-3-11-20(12-4-1)26(32-24-17-9-7-15-22(24)28-30-32)19-27(21-13-5-2-6-14-21)33-25-18-10-8-16-23(25)29-31-33/h1-18,26-27H,19H2. The third-order valence-corrected chi connectivity index (χ3v) is 6.16. The summed E-state index contributed by atoms with van der Waals surface area (Å²) in [5.74, 6) is 0. The van der Waals surface area contributed by atoms with Crippen LogP contribution in [0.15, 0.2) is 109 Å². The summed E-state index contributed by atoms with van der Waals surface area (Å²) in [7, 11) is 0. The molecule has 160 valence electrons. The van der Waals surface area contributed by atoms with Crippen LogP contribution in [0.1, 0.15) is 29.6 Å². The number of hydrogen-bond acceptors (Lipinski definition) is 4. The second-order valence-corrected chi connectivity index (χ2v) is 8.13. The molecular weight excluding hydrogens is 408 g/mol. The van der Waals surface area contributed by atoms with Gasteiger partial charge in [-0.3, -0.25) is 0 Å². The normalized spacial score (nSPS) is 13.3. The van der Waals surface area contributed by atoms with Gasteiger partial charge in [0.25, 0.3) is 0 Å². The van der Waals surface area contributed by atoms with Crippen LogP contribution in [0.3, 0.4) is 0 Å². The number of hydrogen-bond donors (Lipinski definition) is 0. The molecule has 33 heavy (non-hydrogen) atoms. The molecular formula is C27H22N6. The minimum Gasteiger partial charge on any atom is -0.237 e. The van der Waals surface area contributed by atoms with Crippen LogP contribution < -0.4 is 0 Å². The van der Waals surface area contributed by atoms with E-state index in [0.29, 0.717) is 0 Å². The maximum absolute atomic E-state index is 4.58. The zero-order chi connectivity index (χ0) is 22.0. The predicted octanol–water partition coefficient (Wildman–Crippen LogP) is 5.45. The molecule has 0 bridgehead atoms. The highest BCUT2D eigenvalue weighted by Gasteiger charge is 2.26. The van der Waals surface area contributed by atoms with Crippen LogP contribution in [0.5, 0.6) is 0 Å². The lowest BCUT2D eigenvalue weighted by Gasteiger charge is -2.25. The lowest BCUT2D eigenvalue weighted by atomic mass is 9.94. The van der Waals surface area contributed by atoms with E-state index in [1.807, 2.05) is 57.9 Å². The summed E-state index contributed by atoms with van der Waals surface area (Å²) in [6.45, 7) is 0. The predicted molar refractivity (Wildman–Crippen MR) is 129 cm³/mol. The fraction of sp³-hybridized carbons (Fsp3) is 0.111. The van der Waals surface area contributed by atoms with Crippen molar-refractivity contribution in [2.75, 3.05) is 0 Å². The Balaban J connectivity index is 1.52. The molecule has 0 aliphatic heterocycles. The highest BCUT2D eigenvalue weighted by molar-refractivity contribution is 5.75. The summed E-state index contributed by atoms with van der Waals surface area (Å²) < 4.78 is 4.08. The Morgan fingerprint density at radius 2 is 0.879 bits per heavy atom. The Morgan fingerprint density at radius 1 is 0.485 bits per heavy atom. The van der Waals surface area contributed by atoms with Crippen molar-refractivity contribution in [3.63, 3.8) is 0 Å². The van der Waals surface area contributed by atoms with Crippen LogP contribution in [0.25, 0.3) is 22.1 Å². The van der Waals surface area contributed by atoms with Gasteiger partial charge in [-0.25, -0.2) is 9.36 Å². The van der Waals surface area contributed by atoms with Gasteiger partial charge in [-0.15, -0.1) is 10.2 Å². The molecule has 0 spiro atoms. The topological polar surface area (TPSA) is 61.4 Å². The Labute approximate surface area is 191 Å². The molecule has 0 amide bonds. The van der Waals surface area contributed by atoms with Crippen molar-refractivity contribution in [3.8, 4) is 0 Å². The molecule has 2 aromatic heterocycles. The number of fused-ring (bicyclic) bond motifs is 2. The molecule has 2 unspecified atom stereocenters. The zero-order valence-electron chi connectivity index (χ0n) is 17.9. The van der Waals surface area contributed by atoms with Gasteiger partial charge in [0.05, 0.1) is 23.1 Å². The Kier molecular flexibility index (Phi) is 4.88. The molecule has 0 N–H and O–H groups in total. The van der Waals surface area contributed by atoms with E-state index >= 15 is 0 Å². The van der Waals surface area contributed by atoms with Gasteiger partial charge in [0, 0.05) is 6.42 Å². The van der Waals surface area contributed by atoms with Crippen LogP contribution in [0.4, 0.5) is 0 Å². The van der Waals surface area contributed by atoms with E-state index < -0.39 is 0 Å². The molecule has 0 saturated carbocycles. The van der Waals surface area contributed by atoms with E-state index in [4.69, 9.17) is 0 Å². The van der Waals surface area contributed by atoms with Crippen molar-refractivity contribution in [3.05, 3.63) is 120 Å². The molecule has 2 atom stereocenters. The van der Waals surface area contributed by atoms with Crippen molar-refractivity contribution in [1.82, 2.24) is 30.0 Å². The van der Waals surface area contributed by atoms with E-state index in [9.17, 15) is 0 Å². The van der Waals surface area contributed by atoms with Gasteiger partial charge in [-0.05, 0) is 35.4 Å². The van der Waals surface area contributed by atoms with Gasteiger partial charge in [0.2, 0.25) is 0 Å². The third-order valence-electron chi connectivity index (χ3n) is 6.16. The number of aromatic nitrogens is 6. The first-order chi connectivity index (χ1) is 16.4. The van der Waals surface area contributed by atoms with E-state index in [1.165, 1.54) is 11.1 Å². The average molecular weight is 431 g/mol. The first-order valence-corrected chi connectivity index (χ1v) is 11.1. The van der Waals surface area contributed by atoms with Gasteiger partial charge >= 0.3 is 0 Å². The monoisotopic (exact) mass is 430 g/mol. The highest BCUT2D eigenvalue weighted by atomic mass is 15.5. The summed E-state index contributed by atoms with van der Waals surface area (Å²) in [5.41, 5.74) is 6.17. The second-order valence-electron chi connectivity index (χ2n) is 8.13. The van der Waals surface area contributed by atoms with Gasteiger partial charge < -0.3 is 0 Å². The van der Waals surface area contributed by atoms with Crippen molar-refractivity contribution < 1.29 is 0 Å². The van der Waals surface area contributed by atoms with Crippen molar-refractivity contribution in [1.29, 1.82) is 0 Å². The Morgan fingerprint density at radius 3 is 1.33 bits per heavy atom. The van der Waals surface area contributed by atoms with Crippen molar-refractivity contribution in [2.24, 2.45) is 0 Å². The lowest BCUT2D eigenvalue weighted by Crippen LogP contribution is -2.21. The maximum atomic E-state index is 4.58. The molecule has 6 rings (SSSR count). The molecule has 0 aliphatic rings. The van der Waals surface area contributed by atoms with Crippen LogP contribution in [-0.2, 0) is 0 Å².